The van der Waals surface area contributed by atoms with Crippen LogP contribution in [0.15, 0.2) is 58.4 Å². The first-order valence-electron chi connectivity index (χ1n) is 8.93. The van der Waals surface area contributed by atoms with Gasteiger partial charge in [-0.15, -0.1) is 0 Å². The van der Waals surface area contributed by atoms with Gasteiger partial charge >= 0.3 is 6.61 Å². The highest BCUT2D eigenvalue weighted by molar-refractivity contribution is 7.89. The zero-order chi connectivity index (χ0) is 21.3. The van der Waals surface area contributed by atoms with Crippen molar-refractivity contribution < 1.29 is 21.9 Å². The van der Waals surface area contributed by atoms with E-state index in [1.54, 1.807) is 30.3 Å². The van der Waals surface area contributed by atoms with Crippen molar-refractivity contribution in [2.24, 2.45) is 4.99 Å². The Balaban J connectivity index is 2.05. The van der Waals surface area contributed by atoms with Gasteiger partial charge in [0.25, 0.3) is 0 Å². The van der Waals surface area contributed by atoms with Crippen molar-refractivity contribution in [1.82, 2.24) is 15.4 Å². The molecule has 10 heteroatoms. The second-order valence-corrected chi connectivity index (χ2v) is 7.77. The third-order valence-electron chi connectivity index (χ3n) is 3.90. The fourth-order valence-electron chi connectivity index (χ4n) is 2.44. The Morgan fingerprint density at radius 3 is 2.41 bits per heavy atom. The second-order valence-electron chi connectivity index (χ2n) is 5.89. The third kappa shape index (κ3) is 6.99. The van der Waals surface area contributed by atoms with Gasteiger partial charge in [-0.1, -0.05) is 30.3 Å². The Morgan fingerprint density at radius 2 is 1.79 bits per heavy atom. The molecular weight excluding hydrogens is 402 g/mol. The largest absolute Gasteiger partial charge is 0.434 e. The Morgan fingerprint density at radius 1 is 1.10 bits per heavy atom. The topological polar surface area (TPSA) is 91.8 Å². The molecule has 0 unspecified atom stereocenters. The van der Waals surface area contributed by atoms with E-state index < -0.39 is 16.6 Å². The first kappa shape index (κ1) is 22.6. The molecule has 29 heavy (non-hydrogen) atoms. The summed E-state index contributed by atoms with van der Waals surface area (Å²) in [5.41, 5.74) is 1.39. The summed E-state index contributed by atoms with van der Waals surface area (Å²) in [5.74, 6) is 0.596. The number of nitrogens with zero attached hydrogens (tertiary/aromatic N) is 1. The second kappa shape index (κ2) is 10.7. The maximum atomic E-state index is 12.5. The normalized spacial score (nSPS) is 12.1. The molecule has 0 aliphatic heterocycles. The lowest BCUT2D eigenvalue weighted by Crippen LogP contribution is -2.36. The monoisotopic (exact) mass is 426 g/mol. The number of para-hydroxylation sites is 1. The van der Waals surface area contributed by atoms with Gasteiger partial charge in [-0.2, -0.15) is 8.78 Å². The lowest BCUT2D eigenvalue weighted by atomic mass is 10.2. The van der Waals surface area contributed by atoms with Gasteiger partial charge in [0.15, 0.2) is 5.96 Å². The maximum absolute atomic E-state index is 12.5. The average molecular weight is 426 g/mol. The number of ether oxygens (including phenoxy) is 1. The first-order chi connectivity index (χ1) is 13.9. The summed E-state index contributed by atoms with van der Waals surface area (Å²) < 4.78 is 55.4. The standard InChI is InChI=1S/C19H24F2N4O3S/c1-3-23-19(25-13-15-6-4-5-7-17(15)28-18(20)21)24-12-14-8-10-16(11-9-14)29(26,27)22-2/h4-11,18,22H,3,12-13H2,1-2H3,(H2,23,24,25). The summed E-state index contributed by atoms with van der Waals surface area (Å²) in [4.78, 5) is 4.62. The van der Waals surface area contributed by atoms with Crippen LogP contribution in [0.3, 0.4) is 0 Å². The molecular formula is C19H24F2N4O3S. The van der Waals surface area contributed by atoms with Crippen LogP contribution in [0, 0.1) is 0 Å². The molecule has 2 aromatic carbocycles. The molecule has 0 amide bonds. The van der Waals surface area contributed by atoms with Crippen molar-refractivity contribution in [3.05, 3.63) is 59.7 Å². The molecule has 0 saturated carbocycles. The van der Waals surface area contributed by atoms with E-state index in [-0.39, 0.29) is 17.2 Å². The number of halogens is 2. The number of rotatable bonds is 9. The van der Waals surface area contributed by atoms with E-state index in [0.29, 0.717) is 24.6 Å². The summed E-state index contributed by atoms with van der Waals surface area (Å²) in [6, 6.07) is 12.9. The number of benzene rings is 2. The van der Waals surface area contributed by atoms with Gasteiger partial charge in [-0.3, -0.25) is 0 Å². The maximum Gasteiger partial charge on any atom is 0.387 e. The van der Waals surface area contributed by atoms with E-state index in [0.717, 1.165) is 5.56 Å². The van der Waals surface area contributed by atoms with Gasteiger partial charge in [0.05, 0.1) is 11.4 Å². The quantitative estimate of drug-likeness (QED) is 0.423. The van der Waals surface area contributed by atoms with Crippen LogP contribution in [0.4, 0.5) is 8.78 Å². The molecule has 0 aliphatic carbocycles. The van der Waals surface area contributed by atoms with E-state index in [9.17, 15) is 17.2 Å². The van der Waals surface area contributed by atoms with Crippen LogP contribution >= 0.6 is 0 Å². The van der Waals surface area contributed by atoms with E-state index >= 15 is 0 Å². The minimum Gasteiger partial charge on any atom is -0.434 e. The molecule has 0 aromatic heterocycles. The zero-order valence-corrected chi connectivity index (χ0v) is 17.0. The summed E-state index contributed by atoms with van der Waals surface area (Å²) in [6.07, 6.45) is 0. The Labute approximate surface area is 169 Å². The van der Waals surface area contributed by atoms with E-state index in [1.165, 1.54) is 25.2 Å². The van der Waals surface area contributed by atoms with E-state index in [4.69, 9.17) is 0 Å². The van der Waals surface area contributed by atoms with Crippen LogP contribution in [-0.2, 0) is 23.1 Å². The Kier molecular flexibility index (Phi) is 8.34. The number of sulfonamides is 1. The van der Waals surface area contributed by atoms with Crippen LogP contribution in [0.2, 0.25) is 0 Å². The minimum absolute atomic E-state index is 0.104. The molecule has 0 radical (unpaired) electrons. The van der Waals surface area contributed by atoms with Gasteiger partial charge in [-0.25, -0.2) is 18.1 Å². The third-order valence-corrected chi connectivity index (χ3v) is 5.33. The van der Waals surface area contributed by atoms with Crippen molar-refractivity contribution in [3.8, 4) is 5.75 Å². The zero-order valence-electron chi connectivity index (χ0n) is 16.2. The smallest absolute Gasteiger partial charge is 0.387 e. The van der Waals surface area contributed by atoms with Crippen LogP contribution in [0.25, 0.3) is 0 Å². The highest BCUT2D eigenvalue weighted by Crippen LogP contribution is 2.20. The van der Waals surface area contributed by atoms with Crippen molar-refractivity contribution in [3.63, 3.8) is 0 Å². The summed E-state index contributed by atoms with van der Waals surface area (Å²) in [6.45, 7) is 0.175. The molecule has 0 bridgehead atoms. The van der Waals surface area contributed by atoms with Gasteiger partial charge in [0, 0.05) is 18.7 Å². The van der Waals surface area contributed by atoms with Crippen molar-refractivity contribution in [2.75, 3.05) is 13.6 Å². The molecule has 0 atom stereocenters. The van der Waals surface area contributed by atoms with Crippen molar-refractivity contribution in [1.29, 1.82) is 0 Å². The lowest BCUT2D eigenvalue weighted by Gasteiger charge is -2.14. The van der Waals surface area contributed by atoms with Gasteiger partial charge in [0.1, 0.15) is 5.75 Å². The molecule has 0 aliphatic rings. The SMILES string of the molecule is CCNC(=NCc1ccc(S(=O)(=O)NC)cc1)NCc1ccccc1OC(F)F. The van der Waals surface area contributed by atoms with Gasteiger partial charge < -0.3 is 15.4 Å². The fourth-order valence-corrected chi connectivity index (χ4v) is 3.17. The molecule has 2 aromatic rings. The molecule has 2 rings (SSSR count). The van der Waals surface area contributed by atoms with Crippen molar-refractivity contribution in [2.45, 2.75) is 31.5 Å². The van der Waals surface area contributed by atoms with E-state index in [2.05, 4.69) is 25.1 Å². The predicted molar refractivity (Wildman–Crippen MR) is 107 cm³/mol. The van der Waals surface area contributed by atoms with Crippen LogP contribution < -0.4 is 20.1 Å². The minimum atomic E-state index is -3.48. The molecule has 0 heterocycles. The van der Waals surface area contributed by atoms with Crippen molar-refractivity contribution >= 4 is 16.0 Å². The van der Waals surface area contributed by atoms with Crippen LogP contribution in [-0.4, -0.2) is 34.6 Å². The van der Waals surface area contributed by atoms with Crippen LogP contribution in [0.5, 0.6) is 5.75 Å². The number of hydrogen-bond donors (Lipinski definition) is 3. The molecule has 0 saturated heterocycles. The Bertz CT molecular complexity index is 919. The Hall–Kier alpha value is -2.72. The summed E-state index contributed by atoms with van der Waals surface area (Å²) >= 11 is 0. The number of alkyl halides is 2. The molecule has 0 fully saturated rings. The highest BCUT2D eigenvalue weighted by Gasteiger charge is 2.11. The number of aliphatic imine (C=N–C) groups is 1. The number of guanidine groups is 1. The molecule has 158 valence electrons. The lowest BCUT2D eigenvalue weighted by molar-refractivity contribution is -0.0504. The predicted octanol–water partition coefficient (Wildman–Crippen LogP) is 2.45. The summed E-state index contributed by atoms with van der Waals surface area (Å²) in [7, 11) is -2.13. The fraction of sp³-hybridized carbons (Fsp3) is 0.316. The van der Waals surface area contributed by atoms with Gasteiger partial charge in [-0.05, 0) is 37.7 Å². The number of nitrogens with one attached hydrogen (secondary N) is 3. The summed E-state index contributed by atoms with van der Waals surface area (Å²) in [5, 5.41) is 6.15. The van der Waals surface area contributed by atoms with E-state index in [1.807, 2.05) is 6.92 Å². The molecule has 0 spiro atoms. The highest BCUT2D eigenvalue weighted by atomic mass is 32.2. The molecule has 3 N–H and O–H groups in total. The van der Waals surface area contributed by atoms with Gasteiger partial charge in [0.2, 0.25) is 10.0 Å². The number of hydrogen-bond acceptors (Lipinski definition) is 4. The van der Waals surface area contributed by atoms with Crippen LogP contribution in [0.1, 0.15) is 18.1 Å². The molecule has 7 nitrogen and oxygen atoms in total. The average Bonchev–Trinajstić information content (AvgIpc) is 2.71. The first-order valence-corrected chi connectivity index (χ1v) is 10.4.